The van der Waals surface area contributed by atoms with Crippen molar-refractivity contribution in [3.63, 3.8) is 0 Å². The number of aromatic nitrogens is 1. The summed E-state index contributed by atoms with van der Waals surface area (Å²) in [7, 11) is 0. The van der Waals surface area contributed by atoms with E-state index < -0.39 is 5.97 Å². The number of rotatable bonds is 4. The number of carbonyl (C=O) groups is 3. The van der Waals surface area contributed by atoms with E-state index in [4.69, 9.17) is 5.11 Å². The first kappa shape index (κ1) is 19.5. The van der Waals surface area contributed by atoms with Crippen molar-refractivity contribution in [3.05, 3.63) is 64.5 Å². The lowest BCUT2D eigenvalue weighted by Crippen LogP contribution is -2.46. The molecule has 0 spiro atoms. The van der Waals surface area contributed by atoms with Gasteiger partial charge in [0.1, 0.15) is 5.69 Å². The molecule has 1 aliphatic heterocycles. The molecule has 0 aliphatic carbocycles. The van der Waals surface area contributed by atoms with Crippen LogP contribution in [0.2, 0.25) is 0 Å². The molecule has 1 saturated heterocycles. The predicted octanol–water partition coefficient (Wildman–Crippen LogP) is 2.43. The number of nitrogens with zero attached hydrogens (tertiary/aromatic N) is 2. The summed E-state index contributed by atoms with van der Waals surface area (Å²) in [6, 6.07) is 10.3. The topological polar surface area (TPSA) is 99.6 Å². The highest BCUT2D eigenvalue weighted by Gasteiger charge is 2.26. The van der Waals surface area contributed by atoms with E-state index in [1.165, 1.54) is 12.1 Å². The molecule has 1 aromatic heterocycles. The first-order chi connectivity index (χ1) is 13.4. The van der Waals surface area contributed by atoms with E-state index in [1.807, 2.05) is 25.1 Å². The van der Waals surface area contributed by atoms with Gasteiger partial charge in [-0.05, 0) is 50.5 Å². The third-order valence-corrected chi connectivity index (χ3v) is 5.04. The van der Waals surface area contributed by atoms with Gasteiger partial charge >= 0.3 is 5.97 Å². The Balaban J connectivity index is 1.58. The number of aryl methyl sites for hydroxylation is 2. The van der Waals surface area contributed by atoms with Gasteiger partial charge in [0.25, 0.3) is 11.8 Å². The number of carbonyl (C=O) groups excluding carboxylic acids is 2. The molecule has 28 heavy (non-hydrogen) atoms. The van der Waals surface area contributed by atoms with Crippen LogP contribution in [0, 0.1) is 13.8 Å². The average molecular weight is 381 g/mol. The summed E-state index contributed by atoms with van der Waals surface area (Å²) in [5, 5.41) is 12.1. The molecule has 0 atom stereocenters. The molecule has 2 amide bonds. The molecule has 1 fully saturated rings. The molecule has 0 saturated carbocycles. The summed E-state index contributed by atoms with van der Waals surface area (Å²) in [6.07, 6.45) is 1.32. The molecule has 2 N–H and O–H groups in total. The lowest BCUT2D eigenvalue weighted by Gasteiger charge is -2.32. The van der Waals surface area contributed by atoms with Crippen molar-refractivity contribution >= 4 is 17.8 Å². The van der Waals surface area contributed by atoms with Gasteiger partial charge in [0.05, 0.1) is 11.3 Å². The Labute approximate surface area is 163 Å². The van der Waals surface area contributed by atoms with Crippen LogP contribution in [0.15, 0.2) is 36.4 Å². The molecule has 7 heteroatoms. The van der Waals surface area contributed by atoms with Crippen molar-refractivity contribution in [2.45, 2.75) is 32.7 Å². The van der Waals surface area contributed by atoms with Crippen LogP contribution in [0.1, 0.15) is 55.3 Å². The molecule has 1 aromatic carbocycles. The summed E-state index contributed by atoms with van der Waals surface area (Å²) < 4.78 is 0. The maximum absolute atomic E-state index is 12.7. The number of hydrogen-bond donors (Lipinski definition) is 2. The van der Waals surface area contributed by atoms with E-state index in [9.17, 15) is 14.4 Å². The summed E-state index contributed by atoms with van der Waals surface area (Å²) >= 11 is 0. The molecular weight excluding hydrogens is 358 g/mol. The van der Waals surface area contributed by atoms with Gasteiger partial charge in [0, 0.05) is 24.7 Å². The second-order valence-corrected chi connectivity index (χ2v) is 6.99. The van der Waals surface area contributed by atoms with Gasteiger partial charge in [-0.1, -0.05) is 18.2 Å². The van der Waals surface area contributed by atoms with Crippen molar-refractivity contribution in [3.8, 4) is 0 Å². The lowest BCUT2D eigenvalue weighted by atomic mass is 10.0. The van der Waals surface area contributed by atoms with Crippen molar-refractivity contribution in [2.75, 3.05) is 13.1 Å². The first-order valence-electron chi connectivity index (χ1n) is 9.23. The van der Waals surface area contributed by atoms with Crippen LogP contribution < -0.4 is 5.32 Å². The number of benzene rings is 1. The van der Waals surface area contributed by atoms with Crippen LogP contribution in [0.5, 0.6) is 0 Å². The number of carboxylic acids is 1. The Morgan fingerprint density at radius 2 is 1.71 bits per heavy atom. The van der Waals surface area contributed by atoms with E-state index in [-0.39, 0.29) is 29.1 Å². The standard InChI is InChI=1S/C21H23N3O4/c1-13-5-3-4-6-16(13)19(25)23-15-9-11-24(12-10-15)20(26)18-8-7-17(21(27)28)14(2)22-18/h3-8,15H,9-12H2,1-2H3,(H,23,25)(H,27,28). The highest BCUT2D eigenvalue weighted by molar-refractivity contribution is 5.96. The fourth-order valence-corrected chi connectivity index (χ4v) is 3.39. The highest BCUT2D eigenvalue weighted by Crippen LogP contribution is 2.16. The second kappa shape index (κ2) is 8.21. The highest BCUT2D eigenvalue weighted by atomic mass is 16.4. The number of pyridine rings is 1. The van der Waals surface area contributed by atoms with Crippen LogP contribution in [0.25, 0.3) is 0 Å². The number of carboxylic acid groups (broad SMARTS) is 1. The molecule has 2 heterocycles. The zero-order chi connectivity index (χ0) is 20.3. The molecule has 0 unspecified atom stereocenters. The molecule has 1 aliphatic rings. The number of likely N-dealkylation sites (tertiary alicyclic amines) is 1. The maximum atomic E-state index is 12.7. The van der Waals surface area contributed by atoms with Gasteiger partial charge < -0.3 is 15.3 Å². The Morgan fingerprint density at radius 3 is 2.32 bits per heavy atom. The van der Waals surface area contributed by atoms with Crippen molar-refractivity contribution in [2.24, 2.45) is 0 Å². The Bertz CT molecular complexity index is 918. The van der Waals surface area contributed by atoms with E-state index in [0.29, 0.717) is 37.2 Å². The van der Waals surface area contributed by atoms with Gasteiger partial charge in [-0.15, -0.1) is 0 Å². The van der Waals surface area contributed by atoms with E-state index in [0.717, 1.165) is 5.56 Å². The SMILES string of the molecule is Cc1ccccc1C(=O)NC1CCN(C(=O)c2ccc(C(=O)O)c(C)n2)CC1. The summed E-state index contributed by atoms with van der Waals surface area (Å²) in [4.78, 5) is 42.0. The normalized spacial score (nSPS) is 14.6. The summed E-state index contributed by atoms with van der Waals surface area (Å²) in [5.74, 6) is -1.37. The van der Waals surface area contributed by atoms with E-state index >= 15 is 0 Å². The largest absolute Gasteiger partial charge is 0.478 e. The van der Waals surface area contributed by atoms with Crippen molar-refractivity contribution in [1.82, 2.24) is 15.2 Å². The Kier molecular flexibility index (Phi) is 5.73. The average Bonchev–Trinajstić information content (AvgIpc) is 2.68. The fourth-order valence-electron chi connectivity index (χ4n) is 3.39. The zero-order valence-electron chi connectivity index (χ0n) is 15.9. The monoisotopic (exact) mass is 381 g/mol. The maximum Gasteiger partial charge on any atom is 0.337 e. The zero-order valence-corrected chi connectivity index (χ0v) is 15.9. The van der Waals surface area contributed by atoms with Gasteiger partial charge in [-0.3, -0.25) is 9.59 Å². The number of piperidine rings is 1. The van der Waals surface area contributed by atoms with Crippen LogP contribution in [-0.4, -0.2) is 51.9 Å². The van der Waals surface area contributed by atoms with Crippen LogP contribution in [0.3, 0.4) is 0 Å². The van der Waals surface area contributed by atoms with Crippen molar-refractivity contribution < 1.29 is 19.5 Å². The van der Waals surface area contributed by atoms with Crippen LogP contribution in [0.4, 0.5) is 0 Å². The van der Waals surface area contributed by atoms with Gasteiger partial charge in [-0.2, -0.15) is 0 Å². The molecule has 0 bridgehead atoms. The molecule has 7 nitrogen and oxygen atoms in total. The smallest absolute Gasteiger partial charge is 0.337 e. The third-order valence-electron chi connectivity index (χ3n) is 5.04. The third kappa shape index (κ3) is 4.19. The summed E-state index contributed by atoms with van der Waals surface area (Å²) in [6.45, 7) is 4.51. The van der Waals surface area contributed by atoms with Gasteiger partial charge in [0.15, 0.2) is 0 Å². The number of hydrogen-bond acceptors (Lipinski definition) is 4. The van der Waals surface area contributed by atoms with Crippen molar-refractivity contribution in [1.29, 1.82) is 0 Å². The Morgan fingerprint density at radius 1 is 1.04 bits per heavy atom. The van der Waals surface area contributed by atoms with Crippen LogP contribution in [-0.2, 0) is 0 Å². The minimum absolute atomic E-state index is 0.0141. The van der Waals surface area contributed by atoms with Crippen LogP contribution >= 0.6 is 0 Å². The van der Waals surface area contributed by atoms with Gasteiger partial charge in [0.2, 0.25) is 0 Å². The molecular formula is C21H23N3O4. The summed E-state index contributed by atoms with van der Waals surface area (Å²) in [5.41, 5.74) is 2.25. The quantitative estimate of drug-likeness (QED) is 0.847. The predicted molar refractivity (Wildman–Crippen MR) is 104 cm³/mol. The fraction of sp³-hybridized carbons (Fsp3) is 0.333. The minimum Gasteiger partial charge on any atom is -0.478 e. The molecule has 146 valence electrons. The van der Waals surface area contributed by atoms with E-state index in [1.54, 1.807) is 17.9 Å². The second-order valence-electron chi connectivity index (χ2n) is 6.99. The molecule has 3 rings (SSSR count). The number of amides is 2. The first-order valence-corrected chi connectivity index (χ1v) is 9.23. The number of nitrogens with one attached hydrogen (secondary N) is 1. The molecule has 2 aromatic rings. The number of aromatic carboxylic acids is 1. The Hall–Kier alpha value is -3.22. The van der Waals surface area contributed by atoms with Gasteiger partial charge in [-0.25, -0.2) is 9.78 Å². The molecule has 0 radical (unpaired) electrons. The lowest BCUT2D eigenvalue weighted by molar-refractivity contribution is 0.0676. The van der Waals surface area contributed by atoms with E-state index in [2.05, 4.69) is 10.3 Å². The minimum atomic E-state index is -1.06.